The van der Waals surface area contributed by atoms with Gasteiger partial charge in [-0.05, 0) is 69.4 Å². The monoisotopic (exact) mass is 450 g/mol. The van der Waals surface area contributed by atoms with Crippen LogP contribution in [0.15, 0.2) is 34.7 Å². The fourth-order valence-electron chi connectivity index (χ4n) is 5.12. The summed E-state index contributed by atoms with van der Waals surface area (Å²) in [4.78, 5) is 44.8. The standard InChI is InChI=1S/C25H30N4O4/c1-17-7-9-19(33-17)15-26-23(30)16-29-22-14-18(24(31)27-11-4-5-12-27)8-10-20(22)28-13-3-2-6-21(28)25(29)32/h7-10,14,21H,2-6,11-13,15-16H2,1H3,(H,26,30)/t21-/m0/s1. The van der Waals surface area contributed by atoms with Crippen molar-refractivity contribution in [1.29, 1.82) is 0 Å². The van der Waals surface area contributed by atoms with Gasteiger partial charge in [-0.15, -0.1) is 0 Å². The molecule has 0 unspecified atom stereocenters. The van der Waals surface area contributed by atoms with Gasteiger partial charge in [-0.1, -0.05) is 0 Å². The number of likely N-dealkylation sites (tertiary alicyclic amines) is 1. The van der Waals surface area contributed by atoms with Gasteiger partial charge in [-0.2, -0.15) is 0 Å². The summed E-state index contributed by atoms with van der Waals surface area (Å²) in [5.41, 5.74) is 2.13. The van der Waals surface area contributed by atoms with Crippen LogP contribution in [0.3, 0.4) is 0 Å². The highest BCUT2D eigenvalue weighted by molar-refractivity contribution is 6.09. The van der Waals surface area contributed by atoms with E-state index in [0.717, 1.165) is 63.2 Å². The number of nitrogens with one attached hydrogen (secondary N) is 1. The highest BCUT2D eigenvalue weighted by atomic mass is 16.3. The molecule has 2 aromatic rings. The van der Waals surface area contributed by atoms with Crippen LogP contribution in [0, 0.1) is 6.92 Å². The molecule has 8 heteroatoms. The highest BCUT2D eigenvalue weighted by Crippen LogP contribution is 2.40. The minimum atomic E-state index is -0.260. The Hall–Kier alpha value is -3.29. The summed E-state index contributed by atoms with van der Waals surface area (Å²) in [5, 5.41) is 2.85. The van der Waals surface area contributed by atoms with Crippen LogP contribution < -0.4 is 15.1 Å². The third-order valence-electron chi connectivity index (χ3n) is 6.83. The first kappa shape index (κ1) is 21.6. The van der Waals surface area contributed by atoms with E-state index in [1.807, 2.05) is 36.1 Å². The number of aryl methyl sites for hydroxylation is 1. The molecule has 33 heavy (non-hydrogen) atoms. The second kappa shape index (κ2) is 8.92. The minimum Gasteiger partial charge on any atom is -0.465 e. The van der Waals surface area contributed by atoms with Crippen molar-refractivity contribution in [1.82, 2.24) is 10.2 Å². The molecule has 0 spiro atoms. The van der Waals surface area contributed by atoms with Crippen LogP contribution in [-0.4, -0.2) is 54.8 Å². The first-order valence-electron chi connectivity index (χ1n) is 11.8. The maximum absolute atomic E-state index is 13.5. The molecule has 8 nitrogen and oxygen atoms in total. The molecule has 3 aliphatic rings. The summed E-state index contributed by atoms with van der Waals surface area (Å²) < 4.78 is 5.52. The Morgan fingerprint density at radius 2 is 1.82 bits per heavy atom. The topological polar surface area (TPSA) is 86.1 Å². The highest BCUT2D eigenvalue weighted by Gasteiger charge is 2.40. The molecule has 1 aromatic carbocycles. The van der Waals surface area contributed by atoms with Crippen LogP contribution in [0.4, 0.5) is 11.4 Å². The summed E-state index contributed by atoms with van der Waals surface area (Å²) in [6.45, 7) is 4.37. The Kier molecular flexibility index (Phi) is 5.83. The van der Waals surface area contributed by atoms with Crippen molar-refractivity contribution in [3.63, 3.8) is 0 Å². The zero-order valence-electron chi connectivity index (χ0n) is 19.0. The molecule has 1 aromatic heterocycles. The molecule has 2 saturated heterocycles. The molecular weight excluding hydrogens is 420 g/mol. The summed E-state index contributed by atoms with van der Waals surface area (Å²) in [6.07, 6.45) is 4.83. The number of amides is 3. The maximum Gasteiger partial charge on any atom is 0.253 e. The molecule has 3 aliphatic heterocycles. The zero-order valence-corrected chi connectivity index (χ0v) is 19.0. The van der Waals surface area contributed by atoms with E-state index in [-0.39, 0.29) is 36.9 Å². The fraction of sp³-hybridized carbons (Fsp3) is 0.480. The number of piperidine rings is 1. The third-order valence-corrected chi connectivity index (χ3v) is 6.83. The predicted molar refractivity (Wildman–Crippen MR) is 124 cm³/mol. The van der Waals surface area contributed by atoms with Crippen molar-refractivity contribution in [2.45, 2.75) is 51.6 Å². The lowest BCUT2D eigenvalue weighted by atomic mass is 9.95. The Bertz CT molecular complexity index is 1070. The predicted octanol–water partition coefficient (Wildman–Crippen LogP) is 2.85. The minimum absolute atomic E-state index is 0.0129. The van der Waals surface area contributed by atoms with Crippen molar-refractivity contribution in [3.05, 3.63) is 47.4 Å². The number of rotatable bonds is 5. The Morgan fingerprint density at radius 1 is 1.03 bits per heavy atom. The van der Waals surface area contributed by atoms with Gasteiger partial charge < -0.3 is 19.5 Å². The molecule has 5 rings (SSSR count). The van der Waals surface area contributed by atoms with E-state index >= 15 is 0 Å². The first-order chi connectivity index (χ1) is 16.0. The molecular formula is C25H30N4O4. The van der Waals surface area contributed by atoms with Gasteiger partial charge in [0.15, 0.2) is 0 Å². The summed E-state index contributed by atoms with van der Waals surface area (Å²) >= 11 is 0. The van der Waals surface area contributed by atoms with Crippen molar-refractivity contribution in [3.8, 4) is 0 Å². The van der Waals surface area contributed by atoms with Gasteiger partial charge in [0.2, 0.25) is 11.8 Å². The van der Waals surface area contributed by atoms with E-state index in [0.29, 0.717) is 17.0 Å². The fourth-order valence-corrected chi connectivity index (χ4v) is 5.12. The van der Waals surface area contributed by atoms with Crippen LogP contribution in [-0.2, 0) is 16.1 Å². The second-order valence-corrected chi connectivity index (χ2v) is 9.12. The lowest BCUT2D eigenvalue weighted by Crippen LogP contribution is -2.57. The smallest absolute Gasteiger partial charge is 0.253 e. The van der Waals surface area contributed by atoms with Gasteiger partial charge in [0.05, 0.1) is 17.9 Å². The van der Waals surface area contributed by atoms with Crippen molar-refractivity contribution < 1.29 is 18.8 Å². The van der Waals surface area contributed by atoms with Gasteiger partial charge in [-0.25, -0.2) is 0 Å². The SMILES string of the molecule is Cc1ccc(CNC(=O)CN2C(=O)[C@@H]3CCCCN3c3ccc(C(=O)N4CCCC4)cc32)o1. The third kappa shape index (κ3) is 4.21. The quantitative estimate of drug-likeness (QED) is 0.757. The molecule has 1 atom stereocenters. The van der Waals surface area contributed by atoms with E-state index in [4.69, 9.17) is 4.42 Å². The molecule has 0 saturated carbocycles. The number of carbonyl (C=O) groups excluding carboxylic acids is 3. The molecule has 0 bridgehead atoms. The van der Waals surface area contributed by atoms with E-state index in [2.05, 4.69) is 10.2 Å². The number of fused-ring (bicyclic) bond motifs is 3. The molecule has 0 aliphatic carbocycles. The average molecular weight is 451 g/mol. The summed E-state index contributed by atoms with van der Waals surface area (Å²) in [5.74, 6) is 1.11. The van der Waals surface area contributed by atoms with Gasteiger partial charge >= 0.3 is 0 Å². The first-order valence-corrected chi connectivity index (χ1v) is 11.8. The van der Waals surface area contributed by atoms with E-state index in [9.17, 15) is 14.4 Å². The van der Waals surface area contributed by atoms with Gasteiger partial charge in [0, 0.05) is 25.2 Å². The van der Waals surface area contributed by atoms with Crippen molar-refractivity contribution in [2.75, 3.05) is 36.0 Å². The molecule has 2 fully saturated rings. The maximum atomic E-state index is 13.5. The van der Waals surface area contributed by atoms with Gasteiger partial charge in [-0.3, -0.25) is 19.3 Å². The molecule has 3 amide bonds. The van der Waals surface area contributed by atoms with Crippen LogP contribution >= 0.6 is 0 Å². The van der Waals surface area contributed by atoms with Crippen molar-refractivity contribution in [2.24, 2.45) is 0 Å². The summed E-state index contributed by atoms with van der Waals surface area (Å²) in [6, 6.07) is 9.02. The number of hydrogen-bond acceptors (Lipinski definition) is 5. The Morgan fingerprint density at radius 3 is 2.58 bits per heavy atom. The second-order valence-electron chi connectivity index (χ2n) is 9.12. The van der Waals surface area contributed by atoms with Crippen LogP contribution in [0.25, 0.3) is 0 Å². The Balaban J connectivity index is 1.41. The van der Waals surface area contributed by atoms with E-state index in [1.165, 1.54) is 0 Å². The number of furan rings is 1. The normalized spacial score (nSPS) is 20.0. The molecule has 174 valence electrons. The van der Waals surface area contributed by atoms with Crippen LogP contribution in [0.5, 0.6) is 0 Å². The lowest BCUT2D eigenvalue weighted by Gasteiger charge is -2.45. The average Bonchev–Trinajstić information content (AvgIpc) is 3.51. The zero-order chi connectivity index (χ0) is 22.9. The Labute approximate surface area is 193 Å². The van der Waals surface area contributed by atoms with Gasteiger partial charge in [0.25, 0.3) is 5.91 Å². The van der Waals surface area contributed by atoms with E-state index in [1.54, 1.807) is 11.0 Å². The largest absolute Gasteiger partial charge is 0.465 e. The number of anilines is 2. The lowest BCUT2D eigenvalue weighted by molar-refractivity contribution is -0.125. The number of benzene rings is 1. The number of nitrogens with zero attached hydrogens (tertiary/aromatic N) is 3. The van der Waals surface area contributed by atoms with E-state index < -0.39 is 0 Å². The van der Waals surface area contributed by atoms with Crippen molar-refractivity contribution >= 4 is 29.1 Å². The van der Waals surface area contributed by atoms with Crippen LogP contribution in [0.1, 0.15) is 54.0 Å². The van der Waals surface area contributed by atoms with Gasteiger partial charge in [0.1, 0.15) is 24.1 Å². The number of carbonyl (C=O) groups is 3. The molecule has 0 radical (unpaired) electrons. The van der Waals surface area contributed by atoms with Crippen LogP contribution in [0.2, 0.25) is 0 Å². The molecule has 4 heterocycles. The summed E-state index contributed by atoms with van der Waals surface area (Å²) in [7, 11) is 0. The number of hydrogen-bond donors (Lipinski definition) is 1. The molecule has 1 N–H and O–H groups in total.